The van der Waals surface area contributed by atoms with Crippen LogP contribution in [0.4, 0.5) is 0 Å². The summed E-state index contributed by atoms with van der Waals surface area (Å²) in [4.78, 5) is 20.9. The van der Waals surface area contributed by atoms with Crippen molar-refractivity contribution < 1.29 is 58.1 Å². The minimum Gasteiger partial charge on any atom is -1.00 e. The predicted molar refractivity (Wildman–Crippen MR) is 70.0 cm³/mol. The fourth-order valence-electron chi connectivity index (χ4n) is 0.701. The van der Waals surface area contributed by atoms with E-state index in [-0.39, 0.29) is 42.8 Å². The Morgan fingerprint density at radius 1 is 1.05 bits per heavy atom. The standard InChI is InChI=1S/C8H16N2O2S.Na.H2O4S.H/c1-7(11)9-3-5-13-6-4-10-8(2)12;;1-5(2,3)4;/h3-6H2,1-2H3,(H,9,11)(H,10,12);;(H2,1,2,3,4);/q;+1;;-1. The molecule has 0 aromatic heterocycles. The van der Waals surface area contributed by atoms with Crippen molar-refractivity contribution in [3.05, 3.63) is 0 Å². The third kappa shape index (κ3) is 45.9. The summed E-state index contributed by atoms with van der Waals surface area (Å²) in [5.74, 6) is 1.78. The molecule has 11 heteroatoms. The van der Waals surface area contributed by atoms with E-state index >= 15 is 0 Å². The summed E-state index contributed by atoms with van der Waals surface area (Å²) in [6.45, 7) is 4.39. The molecule has 0 heterocycles. The van der Waals surface area contributed by atoms with Crippen LogP contribution in [-0.2, 0) is 20.0 Å². The van der Waals surface area contributed by atoms with Crippen LogP contribution in [0.25, 0.3) is 0 Å². The Morgan fingerprint density at radius 2 is 1.32 bits per heavy atom. The number of hydrogen-bond acceptors (Lipinski definition) is 5. The largest absolute Gasteiger partial charge is 1.00 e. The molecule has 0 rings (SSSR count). The van der Waals surface area contributed by atoms with E-state index in [1.54, 1.807) is 11.8 Å². The van der Waals surface area contributed by atoms with Crippen LogP contribution in [0.3, 0.4) is 0 Å². The number of hydrogen-bond donors (Lipinski definition) is 4. The molecule has 0 aromatic carbocycles. The number of rotatable bonds is 6. The van der Waals surface area contributed by atoms with E-state index in [4.69, 9.17) is 17.5 Å². The normalized spacial score (nSPS) is 9.47. The maximum Gasteiger partial charge on any atom is 1.00 e. The molecule has 0 aliphatic heterocycles. The Morgan fingerprint density at radius 3 is 1.53 bits per heavy atom. The van der Waals surface area contributed by atoms with Crippen molar-refractivity contribution in [3.8, 4) is 0 Å². The molecule has 0 fully saturated rings. The van der Waals surface area contributed by atoms with Crippen molar-refractivity contribution in [3.63, 3.8) is 0 Å². The smallest absolute Gasteiger partial charge is 1.00 e. The van der Waals surface area contributed by atoms with E-state index < -0.39 is 10.4 Å². The molecular weight excluding hydrogens is 307 g/mol. The summed E-state index contributed by atoms with van der Waals surface area (Å²) in [7, 11) is -4.67. The van der Waals surface area contributed by atoms with E-state index in [2.05, 4.69) is 10.6 Å². The van der Waals surface area contributed by atoms with E-state index in [9.17, 15) is 9.59 Å². The minimum absolute atomic E-state index is 0. The molecule has 110 valence electrons. The van der Waals surface area contributed by atoms with Crippen molar-refractivity contribution in [1.29, 1.82) is 0 Å². The zero-order chi connectivity index (χ0) is 14.6. The van der Waals surface area contributed by atoms with Gasteiger partial charge in [-0.05, 0) is 0 Å². The average Bonchev–Trinajstić information content (AvgIpc) is 2.12. The molecule has 2 amide bonds. The Kier molecular flexibility index (Phi) is 18.6. The van der Waals surface area contributed by atoms with E-state index in [1.807, 2.05) is 0 Å². The second kappa shape index (κ2) is 14.6. The third-order valence-electron chi connectivity index (χ3n) is 1.24. The quantitative estimate of drug-likeness (QED) is 0.226. The first kappa shape index (κ1) is 24.2. The summed E-state index contributed by atoms with van der Waals surface area (Å²) < 4.78 is 31.6. The van der Waals surface area contributed by atoms with Gasteiger partial charge in [-0.1, -0.05) is 0 Å². The Balaban J connectivity index is -0.000000158. The van der Waals surface area contributed by atoms with Crippen LogP contribution in [-0.4, -0.2) is 53.9 Å². The molecule has 0 aliphatic rings. The van der Waals surface area contributed by atoms with Crippen LogP contribution in [0.2, 0.25) is 0 Å². The molecule has 0 aromatic rings. The van der Waals surface area contributed by atoms with Gasteiger partial charge in [-0.25, -0.2) is 0 Å². The number of nitrogens with one attached hydrogen (secondary N) is 2. The van der Waals surface area contributed by atoms with Crippen molar-refractivity contribution in [1.82, 2.24) is 10.6 Å². The number of amides is 2. The van der Waals surface area contributed by atoms with Crippen LogP contribution in [0.15, 0.2) is 0 Å². The van der Waals surface area contributed by atoms with E-state index in [0.717, 1.165) is 11.5 Å². The van der Waals surface area contributed by atoms with Gasteiger partial charge in [-0.3, -0.25) is 18.7 Å². The summed E-state index contributed by atoms with van der Waals surface area (Å²) in [5, 5.41) is 5.40. The Bertz CT molecular complexity index is 329. The third-order valence-corrected chi connectivity index (χ3v) is 2.23. The molecule has 4 N–H and O–H groups in total. The molecule has 8 nitrogen and oxygen atoms in total. The first-order valence-electron chi connectivity index (χ1n) is 4.89. The molecule has 0 spiro atoms. The minimum atomic E-state index is -4.67. The maximum absolute atomic E-state index is 10.4. The first-order chi connectivity index (χ1) is 8.13. The van der Waals surface area contributed by atoms with Crippen LogP contribution in [0.1, 0.15) is 15.3 Å². The predicted octanol–water partition coefficient (Wildman–Crippen LogP) is -3.54. The Hall–Kier alpha value is 0.160. The first-order valence-corrected chi connectivity index (χ1v) is 7.44. The molecular formula is C8H19N2NaO6S2. The molecule has 0 unspecified atom stereocenters. The summed E-state index contributed by atoms with van der Waals surface area (Å²) in [6, 6.07) is 0. The van der Waals surface area contributed by atoms with Crippen molar-refractivity contribution in [2.24, 2.45) is 0 Å². The van der Waals surface area contributed by atoms with Crippen LogP contribution < -0.4 is 40.2 Å². The zero-order valence-electron chi connectivity index (χ0n) is 12.2. The zero-order valence-corrected chi connectivity index (χ0v) is 14.8. The van der Waals surface area contributed by atoms with E-state index in [1.165, 1.54) is 13.8 Å². The molecule has 0 aliphatic carbocycles. The second-order valence-electron chi connectivity index (χ2n) is 3.03. The van der Waals surface area contributed by atoms with Crippen LogP contribution in [0, 0.1) is 0 Å². The average molecular weight is 326 g/mol. The van der Waals surface area contributed by atoms with Gasteiger partial charge in [0.05, 0.1) is 0 Å². The SMILES string of the molecule is CC(=O)NCCSCCNC(C)=O.O=S(=O)(O)O.[H-].[Na+]. The fraction of sp³-hybridized carbons (Fsp3) is 0.750. The summed E-state index contributed by atoms with van der Waals surface area (Å²) in [6.07, 6.45) is 0. The van der Waals surface area contributed by atoms with Gasteiger partial charge >= 0.3 is 40.0 Å². The maximum atomic E-state index is 10.4. The number of thioether (sulfide) groups is 1. The van der Waals surface area contributed by atoms with Gasteiger partial charge in [0.1, 0.15) is 0 Å². The van der Waals surface area contributed by atoms with Gasteiger partial charge in [0.2, 0.25) is 11.8 Å². The molecule has 0 atom stereocenters. The molecule has 0 saturated heterocycles. The summed E-state index contributed by atoms with van der Waals surface area (Å²) >= 11 is 1.71. The summed E-state index contributed by atoms with van der Waals surface area (Å²) in [5.41, 5.74) is 0. The molecule has 0 bridgehead atoms. The molecule has 0 radical (unpaired) electrons. The van der Waals surface area contributed by atoms with Gasteiger partial charge in [0, 0.05) is 38.4 Å². The van der Waals surface area contributed by atoms with Crippen LogP contribution in [0.5, 0.6) is 0 Å². The van der Waals surface area contributed by atoms with Gasteiger partial charge < -0.3 is 12.1 Å². The number of carbonyl (C=O) groups excluding carboxylic acids is 2. The molecule has 0 saturated carbocycles. The molecule has 19 heavy (non-hydrogen) atoms. The topological polar surface area (TPSA) is 133 Å². The van der Waals surface area contributed by atoms with Crippen LogP contribution >= 0.6 is 11.8 Å². The van der Waals surface area contributed by atoms with Gasteiger partial charge in [-0.15, -0.1) is 0 Å². The second-order valence-corrected chi connectivity index (χ2v) is 5.15. The van der Waals surface area contributed by atoms with E-state index in [0.29, 0.717) is 13.1 Å². The van der Waals surface area contributed by atoms with Gasteiger partial charge in [-0.2, -0.15) is 20.2 Å². The fourth-order valence-corrected chi connectivity index (χ4v) is 1.40. The number of carbonyl (C=O) groups is 2. The van der Waals surface area contributed by atoms with Crippen molar-refractivity contribution >= 4 is 34.0 Å². The van der Waals surface area contributed by atoms with Crippen molar-refractivity contribution in [2.75, 3.05) is 24.6 Å². The Labute approximate surface area is 140 Å². The van der Waals surface area contributed by atoms with Gasteiger partial charge in [0.25, 0.3) is 0 Å². The van der Waals surface area contributed by atoms with Gasteiger partial charge in [0.15, 0.2) is 0 Å². The monoisotopic (exact) mass is 326 g/mol. The van der Waals surface area contributed by atoms with Crippen molar-refractivity contribution in [2.45, 2.75) is 13.8 Å².